The topological polar surface area (TPSA) is 95.9 Å². The number of nitrogens with zero attached hydrogens (tertiary/aromatic N) is 1. The maximum atomic E-state index is 13.2. The number of amides is 2. The molecule has 0 unspecified atom stereocenters. The number of benzene rings is 2. The number of carbonyl (C=O) groups is 3. The summed E-state index contributed by atoms with van der Waals surface area (Å²) in [5.41, 5.74) is 2.36. The first-order chi connectivity index (χ1) is 15.4. The minimum atomic E-state index is -1.43. The van der Waals surface area contributed by atoms with Crippen LogP contribution >= 0.6 is 0 Å². The van der Waals surface area contributed by atoms with Gasteiger partial charge in [0.2, 0.25) is 5.91 Å². The second-order valence-corrected chi connectivity index (χ2v) is 10.0. The molecular formula is C26H32N2O5. The monoisotopic (exact) mass is 452 g/mol. The number of fused-ring (bicyclic) bond motifs is 3. The molecule has 2 amide bonds. The van der Waals surface area contributed by atoms with Gasteiger partial charge in [-0.2, -0.15) is 0 Å². The van der Waals surface area contributed by atoms with Crippen molar-refractivity contribution in [1.82, 2.24) is 10.2 Å². The second-order valence-electron chi connectivity index (χ2n) is 10.0. The highest BCUT2D eigenvalue weighted by atomic mass is 16.5. The Bertz CT molecular complexity index is 1020. The second kappa shape index (κ2) is 8.89. The average molecular weight is 453 g/mol. The van der Waals surface area contributed by atoms with Crippen molar-refractivity contribution < 1.29 is 24.2 Å². The third-order valence-corrected chi connectivity index (χ3v) is 6.41. The Morgan fingerprint density at radius 3 is 1.91 bits per heavy atom. The minimum Gasteiger partial charge on any atom is -0.480 e. The molecule has 0 bridgehead atoms. The molecule has 1 aliphatic carbocycles. The zero-order chi connectivity index (χ0) is 24.6. The first-order valence-electron chi connectivity index (χ1n) is 11.0. The van der Waals surface area contributed by atoms with Gasteiger partial charge in [0.15, 0.2) is 0 Å². The van der Waals surface area contributed by atoms with E-state index in [0.29, 0.717) is 0 Å². The van der Waals surface area contributed by atoms with Crippen molar-refractivity contribution in [3.8, 4) is 11.1 Å². The summed E-state index contributed by atoms with van der Waals surface area (Å²) in [5.74, 6) is -1.73. The van der Waals surface area contributed by atoms with Crippen molar-refractivity contribution in [3.05, 3.63) is 59.7 Å². The van der Waals surface area contributed by atoms with Crippen LogP contribution < -0.4 is 5.32 Å². The van der Waals surface area contributed by atoms with E-state index in [-0.39, 0.29) is 12.5 Å². The number of alkyl carbamates (subject to hydrolysis) is 1. The molecule has 7 nitrogen and oxygen atoms in total. The lowest BCUT2D eigenvalue weighted by molar-refractivity contribution is -0.157. The highest BCUT2D eigenvalue weighted by Crippen LogP contribution is 2.44. The van der Waals surface area contributed by atoms with Crippen LogP contribution in [0.25, 0.3) is 11.1 Å². The van der Waals surface area contributed by atoms with Crippen LogP contribution in [0.1, 0.15) is 51.7 Å². The van der Waals surface area contributed by atoms with E-state index >= 15 is 0 Å². The van der Waals surface area contributed by atoms with Gasteiger partial charge >= 0.3 is 12.1 Å². The fraction of sp³-hybridized carbons (Fsp3) is 0.423. The average Bonchev–Trinajstić information content (AvgIpc) is 3.08. The van der Waals surface area contributed by atoms with Crippen molar-refractivity contribution in [2.75, 3.05) is 13.7 Å². The van der Waals surface area contributed by atoms with E-state index in [1.54, 1.807) is 20.8 Å². The Morgan fingerprint density at radius 1 is 0.970 bits per heavy atom. The number of rotatable bonds is 6. The number of ether oxygens (including phenoxy) is 1. The van der Waals surface area contributed by atoms with E-state index in [1.165, 1.54) is 20.9 Å². The van der Waals surface area contributed by atoms with Gasteiger partial charge in [-0.3, -0.25) is 4.79 Å². The lowest BCUT2D eigenvalue weighted by Gasteiger charge is -2.38. The predicted octanol–water partition coefficient (Wildman–Crippen LogP) is 4.26. The number of carbonyl (C=O) groups excluding carboxylic acids is 2. The molecule has 0 spiro atoms. The normalized spacial score (nSPS) is 14.1. The maximum absolute atomic E-state index is 13.2. The molecule has 0 fully saturated rings. The van der Waals surface area contributed by atoms with Crippen LogP contribution in [-0.2, 0) is 14.3 Å². The standard InChI is InChI=1S/C26H32N2O5/c1-25(2,3)21(22(29)28(6)26(4,5)23(30)31)27-24(32)33-15-20-18-13-9-7-11-16(18)17-12-8-10-14-19(17)20/h7-14,20-21H,15H2,1-6H3,(H,27,32)(H,30,31)/t21-/m0/s1. The lowest BCUT2D eigenvalue weighted by Crippen LogP contribution is -2.60. The first kappa shape index (κ1) is 24.3. The van der Waals surface area contributed by atoms with Crippen molar-refractivity contribution in [1.29, 1.82) is 0 Å². The SMILES string of the molecule is CN(C(=O)[C@H](NC(=O)OCC1c2ccccc2-c2ccccc21)C(C)(C)C)C(C)(C)C(=O)O. The fourth-order valence-electron chi connectivity index (χ4n) is 4.02. The van der Waals surface area contributed by atoms with Gasteiger partial charge in [-0.05, 0) is 41.5 Å². The summed E-state index contributed by atoms with van der Waals surface area (Å²) in [4.78, 5) is 38.7. The van der Waals surface area contributed by atoms with E-state index in [0.717, 1.165) is 27.2 Å². The maximum Gasteiger partial charge on any atom is 0.407 e. The number of likely N-dealkylation sites (N-methyl/N-ethyl adjacent to an activating group) is 1. The largest absolute Gasteiger partial charge is 0.480 e. The highest BCUT2D eigenvalue weighted by molar-refractivity contribution is 5.91. The summed E-state index contributed by atoms with van der Waals surface area (Å²) < 4.78 is 5.59. The van der Waals surface area contributed by atoms with Gasteiger partial charge in [-0.25, -0.2) is 9.59 Å². The molecule has 1 atom stereocenters. The highest BCUT2D eigenvalue weighted by Gasteiger charge is 2.42. The molecule has 2 N–H and O–H groups in total. The van der Waals surface area contributed by atoms with Gasteiger partial charge in [0.1, 0.15) is 18.2 Å². The Labute approximate surface area is 194 Å². The van der Waals surface area contributed by atoms with Crippen LogP contribution in [-0.4, -0.2) is 53.2 Å². The van der Waals surface area contributed by atoms with Crippen LogP contribution in [0.3, 0.4) is 0 Å². The lowest BCUT2D eigenvalue weighted by atomic mass is 9.85. The van der Waals surface area contributed by atoms with Crippen LogP contribution in [0.2, 0.25) is 0 Å². The molecular weight excluding hydrogens is 420 g/mol. The van der Waals surface area contributed by atoms with Crippen molar-refractivity contribution in [3.63, 3.8) is 0 Å². The van der Waals surface area contributed by atoms with E-state index in [4.69, 9.17) is 4.74 Å². The van der Waals surface area contributed by atoms with Crippen molar-refractivity contribution in [2.24, 2.45) is 5.41 Å². The van der Waals surface area contributed by atoms with Crippen molar-refractivity contribution in [2.45, 2.75) is 52.1 Å². The number of hydrogen-bond donors (Lipinski definition) is 2. The molecule has 0 aromatic heterocycles. The molecule has 1 aliphatic rings. The number of aliphatic carboxylic acids is 1. The molecule has 0 heterocycles. The molecule has 176 valence electrons. The molecule has 3 rings (SSSR count). The summed E-state index contributed by atoms with van der Waals surface area (Å²) >= 11 is 0. The summed E-state index contributed by atoms with van der Waals surface area (Å²) in [5, 5.41) is 12.2. The van der Waals surface area contributed by atoms with Crippen LogP contribution in [0.5, 0.6) is 0 Å². The van der Waals surface area contributed by atoms with Crippen LogP contribution in [0.15, 0.2) is 48.5 Å². The third-order valence-electron chi connectivity index (χ3n) is 6.41. The first-order valence-corrected chi connectivity index (χ1v) is 11.0. The summed E-state index contributed by atoms with van der Waals surface area (Å²) in [7, 11) is 1.43. The van der Waals surface area contributed by atoms with E-state index in [9.17, 15) is 19.5 Å². The Kier molecular flexibility index (Phi) is 6.54. The smallest absolute Gasteiger partial charge is 0.407 e. The molecule has 7 heteroatoms. The van der Waals surface area contributed by atoms with E-state index in [1.807, 2.05) is 36.4 Å². The van der Waals surface area contributed by atoms with Gasteiger partial charge in [0, 0.05) is 13.0 Å². The van der Waals surface area contributed by atoms with Crippen LogP contribution in [0.4, 0.5) is 4.79 Å². The Morgan fingerprint density at radius 2 is 1.45 bits per heavy atom. The quantitative estimate of drug-likeness (QED) is 0.683. The third kappa shape index (κ3) is 4.72. The number of nitrogens with one attached hydrogen (secondary N) is 1. The van der Waals surface area contributed by atoms with Crippen molar-refractivity contribution >= 4 is 18.0 Å². The van der Waals surface area contributed by atoms with Gasteiger partial charge in [-0.1, -0.05) is 69.3 Å². The molecule has 0 aliphatic heterocycles. The van der Waals surface area contributed by atoms with E-state index in [2.05, 4.69) is 17.4 Å². The molecule has 2 aromatic rings. The van der Waals surface area contributed by atoms with Gasteiger partial charge in [0.25, 0.3) is 0 Å². The number of hydrogen-bond acceptors (Lipinski definition) is 4. The van der Waals surface area contributed by atoms with Gasteiger partial charge in [0.05, 0.1) is 0 Å². The fourth-order valence-corrected chi connectivity index (χ4v) is 4.02. The molecule has 33 heavy (non-hydrogen) atoms. The molecule has 0 saturated carbocycles. The summed E-state index contributed by atoms with van der Waals surface area (Å²) in [6.07, 6.45) is -0.716. The zero-order valence-electron chi connectivity index (χ0n) is 20.0. The van der Waals surface area contributed by atoms with Gasteiger partial charge in [-0.15, -0.1) is 0 Å². The molecule has 0 radical (unpaired) electrons. The number of carboxylic acid groups (broad SMARTS) is 1. The molecule has 2 aromatic carbocycles. The summed E-state index contributed by atoms with van der Waals surface area (Å²) in [6.45, 7) is 8.44. The molecule has 0 saturated heterocycles. The predicted molar refractivity (Wildman–Crippen MR) is 126 cm³/mol. The Hall–Kier alpha value is -3.35. The minimum absolute atomic E-state index is 0.0967. The van der Waals surface area contributed by atoms with Crippen LogP contribution in [0, 0.1) is 5.41 Å². The zero-order valence-corrected chi connectivity index (χ0v) is 20.0. The van der Waals surface area contributed by atoms with Gasteiger partial charge < -0.3 is 20.1 Å². The number of carboxylic acids is 1. The van der Waals surface area contributed by atoms with E-state index < -0.39 is 35.0 Å². The Balaban J connectivity index is 1.75. The summed E-state index contributed by atoms with van der Waals surface area (Å²) in [6, 6.07) is 15.1.